The number of esters is 1. The molecule has 0 saturated heterocycles. The van der Waals surface area contributed by atoms with E-state index in [9.17, 15) is 4.79 Å². The standard InChI is InChI=1S/C31H48O2/c1-4-7-8-9-25-14-22-30(23-15-25)33-31(32)29-20-18-28(19-21-29)27-16-12-26(13-17-27)11-10-24(5-2)6-3/h16,18-21,24-26,30H,4-15,17,22-23H2,1-3H3. The summed E-state index contributed by atoms with van der Waals surface area (Å²) in [4.78, 5) is 12.7. The molecule has 2 heteroatoms. The third-order valence-corrected chi connectivity index (χ3v) is 8.43. The highest BCUT2D eigenvalue weighted by Gasteiger charge is 2.24. The van der Waals surface area contributed by atoms with Gasteiger partial charge in [0.15, 0.2) is 0 Å². The van der Waals surface area contributed by atoms with Gasteiger partial charge in [-0.1, -0.05) is 83.9 Å². The Hall–Kier alpha value is -1.57. The van der Waals surface area contributed by atoms with E-state index < -0.39 is 0 Å². The van der Waals surface area contributed by atoms with E-state index in [0.29, 0.717) is 5.56 Å². The second-order valence-corrected chi connectivity index (χ2v) is 10.8. The first-order valence-corrected chi connectivity index (χ1v) is 14.1. The molecule has 2 nitrogen and oxygen atoms in total. The Balaban J connectivity index is 1.42. The SMILES string of the molecule is CCCCCC1CCC(OC(=O)c2ccc(C3=CCC(CCC(CC)CC)CC3)cc2)CC1. The van der Waals surface area contributed by atoms with Crippen LogP contribution in [0.1, 0.15) is 133 Å². The third kappa shape index (κ3) is 8.30. The molecule has 2 aliphatic carbocycles. The highest BCUT2D eigenvalue weighted by Crippen LogP contribution is 2.34. The first kappa shape index (κ1) is 26.0. The van der Waals surface area contributed by atoms with Gasteiger partial charge in [0.05, 0.1) is 5.56 Å². The summed E-state index contributed by atoms with van der Waals surface area (Å²) in [7, 11) is 0. The molecule has 0 spiro atoms. The minimum absolute atomic E-state index is 0.109. The van der Waals surface area contributed by atoms with Crippen LogP contribution in [0.2, 0.25) is 0 Å². The number of hydrogen-bond acceptors (Lipinski definition) is 2. The van der Waals surface area contributed by atoms with Crippen molar-refractivity contribution in [1.29, 1.82) is 0 Å². The smallest absolute Gasteiger partial charge is 0.338 e. The lowest BCUT2D eigenvalue weighted by Gasteiger charge is -2.28. The van der Waals surface area contributed by atoms with Gasteiger partial charge < -0.3 is 4.74 Å². The minimum atomic E-state index is -0.143. The number of benzene rings is 1. The summed E-state index contributed by atoms with van der Waals surface area (Å²) in [5.74, 6) is 2.46. The fraction of sp³-hybridized carbons (Fsp3) is 0.710. The molecule has 1 unspecified atom stereocenters. The summed E-state index contributed by atoms with van der Waals surface area (Å²) in [6.07, 6.45) is 21.5. The third-order valence-electron chi connectivity index (χ3n) is 8.43. The van der Waals surface area contributed by atoms with Gasteiger partial charge in [-0.3, -0.25) is 0 Å². The van der Waals surface area contributed by atoms with E-state index in [1.165, 1.54) is 94.6 Å². The van der Waals surface area contributed by atoms with Crippen molar-refractivity contribution in [2.24, 2.45) is 17.8 Å². The molecule has 0 heterocycles. The van der Waals surface area contributed by atoms with Crippen LogP contribution in [0.15, 0.2) is 30.3 Å². The number of ether oxygens (including phenoxy) is 1. The quantitative estimate of drug-likeness (QED) is 0.233. The number of allylic oxidation sites excluding steroid dienone is 2. The first-order chi connectivity index (χ1) is 16.1. The summed E-state index contributed by atoms with van der Waals surface area (Å²) < 4.78 is 5.86. The second-order valence-electron chi connectivity index (χ2n) is 10.8. The van der Waals surface area contributed by atoms with E-state index in [4.69, 9.17) is 4.74 Å². The number of carbonyl (C=O) groups is 1. The van der Waals surface area contributed by atoms with Crippen LogP contribution in [-0.2, 0) is 4.74 Å². The molecule has 0 aliphatic heterocycles. The number of carbonyl (C=O) groups excluding carboxylic acids is 1. The summed E-state index contributed by atoms with van der Waals surface area (Å²) >= 11 is 0. The zero-order valence-electron chi connectivity index (χ0n) is 21.6. The van der Waals surface area contributed by atoms with E-state index in [-0.39, 0.29) is 12.1 Å². The van der Waals surface area contributed by atoms with E-state index >= 15 is 0 Å². The molecule has 3 rings (SSSR count). The van der Waals surface area contributed by atoms with Crippen LogP contribution in [-0.4, -0.2) is 12.1 Å². The van der Waals surface area contributed by atoms with Crippen LogP contribution in [0.25, 0.3) is 5.57 Å². The fourth-order valence-electron chi connectivity index (χ4n) is 5.84. The monoisotopic (exact) mass is 452 g/mol. The Kier molecular flexibility index (Phi) is 11.0. The lowest BCUT2D eigenvalue weighted by atomic mass is 9.82. The van der Waals surface area contributed by atoms with Crippen molar-refractivity contribution in [3.8, 4) is 0 Å². The summed E-state index contributed by atoms with van der Waals surface area (Å²) in [6.45, 7) is 6.92. The zero-order valence-corrected chi connectivity index (χ0v) is 21.6. The number of hydrogen-bond donors (Lipinski definition) is 0. The molecule has 33 heavy (non-hydrogen) atoms. The van der Waals surface area contributed by atoms with Crippen LogP contribution in [0, 0.1) is 17.8 Å². The van der Waals surface area contributed by atoms with Crippen LogP contribution in [0.5, 0.6) is 0 Å². The van der Waals surface area contributed by atoms with Gasteiger partial charge >= 0.3 is 5.97 Å². The summed E-state index contributed by atoms with van der Waals surface area (Å²) in [5, 5.41) is 0. The zero-order chi connectivity index (χ0) is 23.5. The topological polar surface area (TPSA) is 26.3 Å². The molecule has 0 bridgehead atoms. The van der Waals surface area contributed by atoms with Crippen LogP contribution in [0.3, 0.4) is 0 Å². The molecule has 1 aromatic carbocycles. The molecule has 1 aromatic rings. The van der Waals surface area contributed by atoms with Gasteiger partial charge in [-0.05, 0) is 92.4 Å². The average molecular weight is 453 g/mol. The normalized spacial score (nSPS) is 23.4. The van der Waals surface area contributed by atoms with Crippen molar-refractivity contribution in [2.75, 3.05) is 0 Å². The van der Waals surface area contributed by atoms with Gasteiger partial charge in [-0.2, -0.15) is 0 Å². The molecule has 0 amide bonds. The Morgan fingerprint density at radius 2 is 1.64 bits per heavy atom. The van der Waals surface area contributed by atoms with Gasteiger partial charge in [0.1, 0.15) is 6.10 Å². The average Bonchev–Trinajstić information content (AvgIpc) is 2.86. The predicted molar refractivity (Wildman–Crippen MR) is 140 cm³/mol. The van der Waals surface area contributed by atoms with Gasteiger partial charge in [-0.15, -0.1) is 0 Å². The van der Waals surface area contributed by atoms with Crippen molar-refractivity contribution >= 4 is 11.5 Å². The molecule has 0 aromatic heterocycles. The molecular weight excluding hydrogens is 404 g/mol. The Labute approximate surface area is 203 Å². The van der Waals surface area contributed by atoms with Crippen molar-refractivity contribution < 1.29 is 9.53 Å². The molecule has 1 atom stereocenters. The van der Waals surface area contributed by atoms with Gasteiger partial charge in [0, 0.05) is 0 Å². The highest BCUT2D eigenvalue weighted by atomic mass is 16.5. The molecule has 2 aliphatic rings. The Bertz CT molecular complexity index is 720. The number of rotatable bonds is 12. The Morgan fingerprint density at radius 1 is 0.909 bits per heavy atom. The van der Waals surface area contributed by atoms with Crippen molar-refractivity contribution in [3.63, 3.8) is 0 Å². The summed E-state index contributed by atoms with van der Waals surface area (Å²) in [5.41, 5.74) is 3.43. The van der Waals surface area contributed by atoms with Gasteiger partial charge in [-0.25, -0.2) is 4.79 Å². The lowest BCUT2D eigenvalue weighted by Crippen LogP contribution is -2.24. The van der Waals surface area contributed by atoms with Crippen LogP contribution in [0.4, 0.5) is 0 Å². The molecule has 1 saturated carbocycles. The van der Waals surface area contributed by atoms with Crippen LogP contribution < -0.4 is 0 Å². The minimum Gasteiger partial charge on any atom is -0.459 e. The molecular formula is C31H48O2. The van der Waals surface area contributed by atoms with E-state index in [1.54, 1.807) is 0 Å². The lowest BCUT2D eigenvalue weighted by molar-refractivity contribution is 0.0161. The molecule has 0 radical (unpaired) electrons. The predicted octanol–water partition coefficient (Wildman–Crippen LogP) is 9.38. The molecule has 0 N–H and O–H groups in total. The van der Waals surface area contributed by atoms with Gasteiger partial charge in [0.2, 0.25) is 0 Å². The van der Waals surface area contributed by atoms with E-state index in [0.717, 1.165) is 30.6 Å². The maximum absolute atomic E-state index is 12.7. The van der Waals surface area contributed by atoms with Gasteiger partial charge in [0.25, 0.3) is 0 Å². The first-order valence-electron chi connectivity index (χ1n) is 14.1. The van der Waals surface area contributed by atoms with Crippen molar-refractivity contribution in [1.82, 2.24) is 0 Å². The van der Waals surface area contributed by atoms with Crippen molar-refractivity contribution in [2.45, 2.75) is 123 Å². The maximum Gasteiger partial charge on any atom is 0.338 e. The molecule has 1 fully saturated rings. The van der Waals surface area contributed by atoms with Crippen LogP contribution >= 0.6 is 0 Å². The molecule has 184 valence electrons. The second kappa shape index (κ2) is 14.0. The Morgan fingerprint density at radius 3 is 2.24 bits per heavy atom. The summed E-state index contributed by atoms with van der Waals surface area (Å²) in [6, 6.07) is 8.18. The van der Waals surface area contributed by atoms with E-state index in [1.807, 2.05) is 12.1 Å². The highest BCUT2D eigenvalue weighted by molar-refractivity contribution is 5.90. The van der Waals surface area contributed by atoms with Crippen molar-refractivity contribution in [3.05, 3.63) is 41.5 Å². The van der Waals surface area contributed by atoms with E-state index in [2.05, 4.69) is 39.0 Å². The maximum atomic E-state index is 12.7. The number of unbranched alkanes of at least 4 members (excludes halogenated alkanes) is 2. The largest absolute Gasteiger partial charge is 0.459 e. The fourth-order valence-corrected chi connectivity index (χ4v) is 5.84.